The summed E-state index contributed by atoms with van der Waals surface area (Å²) in [6.45, 7) is 4.29. The molecule has 112 valence electrons. The molecule has 0 spiro atoms. The van der Waals surface area contributed by atoms with Crippen molar-refractivity contribution in [3.63, 3.8) is 0 Å². The van der Waals surface area contributed by atoms with Crippen LogP contribution >= 0.6 is 11.6 Å². The zero-order chi connectivity index (χ0) is 14.5. The van der Waals surface area contributed by atoms with E-state index in [4.69, 9.17) is 22.1 Å². The Morgan fingerprint density at radius 2 is 2.00 bits per heavy atom. The highest BCUT2D eigenvalue weighted by molar-refractivity contribution is 6.30. The van der Waals surface area contributed by atoms with Gasteiger partial charge in [0.05, 0.1) is 12.2 Å². The Morgan fingerprint density at radius 1 is 1.30 bits per heavy atom. The Hall–Kier alpha value is -0.570. The van der Waals surface area contributed by atoms with Crippen LogP contribution < -0.4 is 5.73 Å². The lowest BCUT2D eigenvalue weighted by atomic mass is 9.85. The number of hydrogen-bond acceptors (Lipinski definition) is 2. The summed E-state index contributed by atoms with van der Waals surface area (Å²) >= 11 is 5.95. The van der Waals surface area contributed by atoms with Crippen molar-refractivity contribution < 1.29 is 4.74 Å². The van der Waals surface area contributed by atoms with E-state index in [2.05, 4.69) is 6.92 Å². The maximum Gasteiger partial charge on any atom is 0.0976 e. The summed E-state index contributed by atoms with van der Waals surface area (Å²) in [6.07, 6.45) is 6.52. The average molecular weight is 296 g/mol. The molecule has 0 saturated heterocycles. The van der Waals surface area contributed by atoms with Crippen LogP contribution in [0.1, 0.15) is 57.6 Å². The quantitative estimate of drug-likeness (QED) is 0.853. The molecule has 20 heavy (non-hydrogen) atoms. The third-order valence-electron chi connectivity index (χ3n) is 4.33. The lowest BCUT2D eigenvalue weighted by molar-refractivity contribution is -0.0508. The molecule has 0 aromatic heterocycles. The Morgan fingerprint density at radius 3 is 2.60 bits per heavy atom. The van der Waals surface area contributed by atoms with Crippen LogP contribution in [0.5, 0.6) is 0 Å². The van der Waals surface area contributed by atoms with Crippen molar-refractivity contribution in [1.29, 1.82) is 0 Å². The normalized spacial score (nSPS) is 26.2. The summed E-state index contributed by atoms with van der Waals surface area (Å²) in [4.78, 5) is 0. The molecule has 2 rings (SSSR count). The zero-order valence-electron chi connectivity index (χ0n) is 12.5. The first-order valence-electron chi connectivity index (χ1n) is 7.76. The highest BCUT2D eigenvalue weighted by atomic mass is 35.5. The number of ether oxygens (including phenoxy) is 1. The van der Waals surface area contributed by atoms with Crippen molar-refractivity contribution in [2.75, 3.05) is 0 Å². The van der Waals surface area contributed by atoms with E-state index in [9.17, 15) is 0 Å². The smallest absolute Gasteiger partial charge is 0.0976 e. The van der Waals surface area contributed by atoms with Crippen molar-refractivity contribution in [2.24, 2.45) is 11.7 Å². The summed E-state index contributed by atoms with van der Waals surface area (Å²) in [5.41, 5.74) is 7.26. The first kappa shape index (κ1) is 15.8. The van der Waals surface area contributed by atoms with E-state index in [0.717, 1.165) is 22.9 Å². The van der Waals surface area contributed by atoms with Crippen molar-refractivity contribution in [1.82, 2.24) is 0 Å². The Bertz CT molecular complexity index is 404. The van der Waals surface area contributed by atoms with Gasteiger partial charge >= 0.3 is 0 Å². The van der Waals surface area contributed by atoms with E-state index in [-0.39, 0.29) is 12.1 Å². The fourth-order valence-corrected chi connectivity index (χ4v) is 3.23. The highest BCUT2D eigenvalue weighted by Crippen LogP contribution is 2.33. The van der Waals surface area contributed by atoms with Gasteiger partial charge in [-0.3, -0.25) is 0 Å². The molecular formula is C17H26ClNO. The van der Waals surface area contributed by atoms with E-state index in [0.29, 0.717) is 6.10 Å². The van der Waals surface area contributed by atoms with E-state index in [1.807, 2.05) is 31.2 Å². The number of nitrogens with two attached hydrogens (primary N) is 1. The van der Waals surface area contributed by atoms with Gasteiger partial charge in [-0.05, 0) is 43.4 Å². The molecule has 1 fully saturated rings. The molecule has 1 aliphatic carbocycles. The van der Waals surface area contributed by atoms with Crippen molar-refractivity contribution in [3.05, 3.63) is 34.9 Å². The van der Waals surface area contributed by atoms with Gasteiger partial charge in [-0.2, -0.15) is 0 Å². The van der Waals surface area contributed by atoms with E-state index in [1.165, 1.54) is 25.7 Å². The third-order valence-corrected chi connectivity index (χ3v) is 4.58. The second-order valence-electron chi connectivity index (χ2n) is 6.03. The minimum absolute atomic E-state index is 0.0156. The monoisotopic (exact) mass is 295 g/mol. The zero-order valence-corrected chi connectivity index (χ0v) is 13.3. The van der Waals surface area contributed by atoms with Crippen LogP contribution in [0.15, 0.2) is 24.3 Å². The molecule has 0 amide bonds. The number of benzene rings is 1. The van der Waals surface area contributed by atoms with Crippen LogP contribution in [-0.4, -0.2) is 12.1 Å². The SMILES string of the molecule is CCC1CCCC(OC(c2ccc(Cl)cc2)C(C)N)C1. The lowest BCUT2D eigenvalue weighted by Gasteiger charge is -2.33. The van der Waals surface area contributed by atoms with Gasteiger partial charge in [0.25, 0.3) is 0 Å². The Kier molecular flexibility index (Phi) is 5.88. The first-order chi connectivity index (χ1) is 9.60. The second kappa shape index (κ2) is 7.44. The molecule has 0 bridgehead atoms. The standard InChI is InChI=1S/C17H26ClNO/c1-3-13-5-4-6-16(11-13)20-17(12(2)19)14-7-9-15(18)10-8-14/h7-10,12-13,16-17H,3-6,11,19H2,1-2H3. The molecule has 2 nitrogen and oxygen atoms in total. The molecule has 3 heteroatoms. The van der Waals surface area contributed by atoms with Crippen molar-refractivity contribution in [2.45, 2.75) is 64.2 Å². The fraction of sp³-hybridized carbons (Fsp3) is 0.647. The van der Waals surface area contributed by atoms with Gasteiger partial charge in [0.2, 0.25) is 0 Å². The number of rotatable bonds is 5. The van der Waals surface area contributed by atoms with Crippen molar-refractivity contribution in [3.8, 4) is 0 Å². The highest BCUT2D eigenvalue weighted by Gasteiger charge is 2.26. The van der Waals surface area contributed by atoms with Gasteiger partial charge < -0.3 is 10.5 Å². The predicted octanol–water partition coefficient (Wildman–Crippen LogP) is 4.71. The van der Waals surface area contributed by atoms with E-state index >= 15 is 0 Å². The minimum Gasteiger partial charge on any atom is -0.369 e. The Labute approximate surface area is 127 Å². The minimum atomic E-state index is -0.0344. The molecule has 1 aromatic rings. The Balaban J connectivity index is 2.04. The van der Waals surface area contributed by atoms with E-state index in [1.54, 1.807) is 0 Å². The van der Waals surface area contributed by atoms with Crippen LogP contribution in [0.2, 0.25) is 5.02 Å². The molecule has 0 aliphatic heterocycles. The van der Waals surface area contributed by atoms with Gasteiger partial charge in [0.1, 0.15) is 0 Å². The molecule has 1 saturated carbocycles. The van der Waals surface area contributed by atoms with Gasteiger partial charge in [0, 0.05) is 11.1 Å². The molecule has 0 radical (unpaired) electrons. The summed E-state index contributed by atoms with van der Waals surface area (Å²) in [5.74, 6) is 0.813. The maximum atomic E-state index is 6.34. The summed E-state index contributed by atoms with van der Waals surface area (Å²) < 4.78 is 6.34. The molecule has 1 aliphatic rings. The summed E-state index contributed by atoms with van der Waals surface area (Å²) in [7, 11) is 0. The molecular weight excluding hydrogens is 270 g/mol. The third kappa shape index (κ3) is 4.21. The number of hydrogen-bond donors (Lipinski definition) is 1. The van der Waals surface area contributed by atoms with E-state index < -0.39 is 0 Å². The molecule has 0 heterocycles. The van der Waals surface area contributed by atoms with Crippen LogP contribution in [0.3, 0.4) is 0 Å². The average Bonchev–Trinajstić information content (AvgIpc) is 2.46. The van der Waals surface area contributed by atoms with Crippen LogP contribution in [0.25, 0.3) is 0 Å². The summed E-state index contributed by atoms with van der Waals surface area (Å²) in [5, 5.41) is 0.751. The van der Waals surface area contributed by atoms with Gasteiger partial charge in [0.15, 0.2) is 0 Å². The first-order valence-corrected chi connectivity index (χ1v) is 8.14. The van der Waals surface area contributed by atoms with Crippen LogP contribution in [0, 0.1) is 5.92 Å². The fourth-order valence-electron chi connectivity index (χ4n) is 3.10. The molecule has 2 N–H and O–H groups in total. The van der Waals surface area contributed by atoms with Gasteiger partial charge in [-0.1, -0.05) is 49.9 Å². The second-order valence-corrected chi connectivity index (χ2v) is 6.47. The van der Waals surface area contributed by atoms with Gasteiger partial charge in [-0.25, -0.2) is 0 Å². The maximum absolute atomic E-state index is 6.34. The molecule has 1 aromatic carbocycles. The van der Waals surface area contributed by atoms with Crippen LogP contribution in [-0.2, 0) is 4.74 Å². The lowest BCUT2D eigenvalue weighted by Crippen LogP contribution is -2.32. The largest absolute Gasteiger partial charge is 0.369 e. The van der Waals surface area contributed by atoms with Crippen molar-refractivity contribution >= 4 is 11.6 Å². The number of halogens is 1. The topological polar surface area (TPSA) is 35.2 Å². The summed E-state index contributed by atoms with van der Waals surface area (Å²) in [6, 6.07) is 7.85. The molecule has 4 unspecified atom stereocenters. The predicted molar refractivity (Wildman–Crippen MR) is 85.0 cm³/mol. The van der Waals surface area contributed by atoms with Crippen LogP contribution in [0.4, 0.5) is 0 Å². The molecule has 4 atom stereocenters. The van der Waals surface area contributed by atoms with Gasteiger partial charge in [-0.15, -0.1) is 0 Å².